The number of hydrogen-bond donors (Lipinski definition) is 1. The molecule has 3 nitrogen and oxygen atoms in total. The first-order valence-corrected chi connectivity index (χ1v) is 8.91. The van der Waals surface area contributed by atoms with Gasteiger partial charge in [0.25, 0.3) is 0 Å². The molecule has 1 N–H and O–H groups in total. The number of likely N-dealkylation sites (N-methyl/N-ethyl adjacent to an activating group) is 2. The lowest BCUT2D eigenvalue weighted by Gasteiger charge is -2.29. The van der Waals surface area contributed by atoms with E-state index in [9.17, 15) is 0 Å². The average molecular weight is 490 g/mol. The Bertz CT molecular complexity index is 700. The first-order chi connectivity index (χ1) is 11.7. The van der Waals surface area contributed by atoms with Crippen LogP contribution in [0.25, 0.3) is 0 Å². The number of hydrogen-bond acceptors (Lipinski definition) is 3. The first kappa shape index (κ1) is 20.2. The van der Waals surface area contributed by atoms with Crippen LogP contribution >= 0.6 is 47.2 Å². The van der Waals surface area contributed by atoms with Crippen molar-refractivity contribution in [3.63, 3.8) is 0 Å². The fourth-order valence-corrected chi connectivity index (χ4v) is 3.44. The molecule has 1 heterocycles. The van der Waals surface area contributed by atoms with Crippen molar-refractivity contribution in [3.8, 4) is 0 Å². The minimum Gasteiger partial charge on any atom is -0.362 e. The standard InChI is InChI=1S/C19H21Cl2N3.HI/c1-3-23-17-12-15(20)16(21)13-18(17)24(4-2)19(23)10-11-22-14-8-6-5-7-9-14;/h5-13,19,22H,3-4H2,1-2H3;1H. The molecular formula is C19H22Cl2IN3. The van der Waals surface area contributed by atoms with Crippen LogP contribution in [0.1, 0.15) is 13.8 Å². The molecule has 6 heteroatoms. The van der Waals surface area contributed by atoms with Crippen LogP contribution in [0.5, 0.6) is 0 Å². The number of rotatable bonds is 5. The molecule has 0 bridgehead atoms. The largest absolute Gasteiger partial charge is 0.362 e. The molecule has 0 saturated carbocycles. The van der Waals surface area contributed by atoms with Gasteiger partial charge in [-0.15, -0.1) is 24.0 Å². The molecular weight excluding hydrogens is 468 g/mol. The van der Waals surface area contributed by atoms with Crippen LogP contribution in [0, 0.1) is 0 Å². The Hall–Kier alpha value is -1.11. The van der Waals surface area contributed by atoms with Crippen LogP contribution in [0.3, 0.4) is 0 Å². The van der Waals surface area contributed by atoms with Crippen LogP contribution in [0.2, 0.25) is 10.0 Å². The monoisotopic (exact) mass is 489 g/mol. The summed E-state index contributed by atoms with van der Waals surface area (Å²) in [5, 5.41) is 4.51. The number of nitrogens with one attached hydrogen (secondary N) is 1. The zero-order valence-electron chi connectivity index (χ0n) is 14.2. The SMILES string of the molecule is CCN1c2cc(Cl)c(Cl)cc2N(CC)C1C=CNc1ccccc1.I. The number of benzene rings is 2. The minimum atomic E-state index is 0. The summed E-state index contributed by atoms with van der Waals surface area (Å²) in [7, 11) is 0. The molecule has 0 aromatic heterocycles. The summed E-state index contributed by atoms with van der Waals surface area (Å²) in [5.74, 6) is 0. The fraction of sp³-hybridized carbons (Fsp3) is 0.263. The highest BCUT2D eigenvalue weighted by atomic mass is 127. The first-order valence-electron chi connectivity index (χ1n) is 8.16. The van der Waals surface area contributed by atoms with E-state index in [0.29, 0.717) is 10.0 Å². The van der Waals surface area contributed by atoms with Crippen molar-refractivity contribution in [2.24, 2.45) is 0 Å². The molecule has 3 rings (SSSR count). The van der Waals surface area contributed by atoms with E-state index in [1.807, 2.05) is 48.7 Å². The molecule has 0 spiro atoms. The molecule has 2 aromatic rings. The number of fused-ring (bicyclic) bond motifs is 1. The van der Waals surface area contributed by atoms with Gasteiger partial charge < -0.3 is 15.1 Å². The van der Waals surface area contributed by atoms with E-state index in [1.165, 1.54) is 0 Å². The third-order valence-electron chi connectivity index (χ3n) is 4.25. The Labute approximate surface area is 176 Å². The molecule has 0 saturated heterocycles. The molecule has 2 aromatic carbocycles. The van der Waals surface area contributed by atoms with Crippen LogP contribution in [-0.4, -0.2) is 19.3 Å². The van der Waals surface area contributed by atoms with Crippen molar-refractivity contribution in [1.29, 1.82) is 0 Å². The third-order valence-corrected chi connectivity index (χ3v) is 4.97. The van der Waals surface area contributed by atoms with Crippen molar-refractivity contribution < 1.29 is 0 Å². The summed E-state index contributed by atoms with van der Waals surface area (Å²) in [6.45, 7) is 6.08. The molecule has 134 valence electrons. The second-order valence-electron chi connectivity index (χ2n) is 5.61. The minimum absolute atomic E-state index is 0. The molecule has 0 fully saturated rings. The molecule has 25 heavy (non-hydrogen) atoms. The lowest BCUT2D eigenvalue weighted by atomic mass is 10.2. The number of para-hydroxylation sites is 1. The zero-order chi connectivity index (χ0) is 17.1. The Morgan fingerprint density at radius 1 is 0.960 bits per heavy atom. The highest BCUT2D eigenvalue weighted by molar-refractivity contribution is 14.0. The van der Waals surface area contributed by atoms with E-state index < -0.39 is 0 Å². The van der Waals surface area contributed by atoms with E-state index in [2.05, 4.69) is 35.0 Å². The maximum atomic E-state index is 6.23. The maximum absolute atomic E-state index is 6.23. The van der Waals surface area contributed by atoms with E-state index >= 15 is 0 Å². The van der Waals surface area contributed by atoms with Crippen molar-refractivity contribution in [1.82, 2.24) is 0 Å². The summed E-state index contributed by atoms with van der Waals surface area (Å²) >= 11 is 12.5. The highest BCUT2D eigenvalue weighted by Gasteiger charge is 2.33. The fourth-order valence-electron chi connectivity index (χ4n) is 3.13. The van der Waals surface area contributed by atoms with Crippen molar-refractivity contribution in [2.75, 3.05) is 28.2 Å². The predicted octanol–water partition coefficient (Wildman–Crippen LogP) is 6.23. The molecule has 0 unspecified atom stereocenters. The third kappa shape index (κ3) is 4.18. The Kier molecular flexibility index (Phi) is 7.28. The van der Waals surface area contributed by atoms with Gasteiger partial charge in [0.1, 0.15) is 6.17 Å². The number of nitrogens with zero attached hydrogens (tertiary/aromatic N) is 2. The van der Waals surface area contributed by atoms with Crippen LogP contribution < -0.4 is 15.1 Å². The van der Waals surface area contributed by atoms with E-state index in [-0.39, 0.29) is 30.1 Å². The number of anilines is 3. The Morgan fingerprint density at radius 3 is 1.96 bits per heavy atom. The van der Waals surface area contributed by atoms with Crippen LogP contribution in [-0.2, 0) is 0 Å². The Morgan fingerprint density at radius 2 is 1.48 bits per heavy atom. The molecule has 0 amide bonds. The van der Waals surface area contributed by atoms with Gasteiger partial charge in [0, 0.05) is 25.0 Å². The zero-order valence-corrected chi connectivity index (χ0v) is 18.1. The average Bonchev–Trinajstić information content (AvgIpc) is 2.88. The van der Waals surface area contributed by atoms with E-state index in [0.717, 1.165) is 30.2 Å². The summed E-state index contributed by atoms with van der Waals surface area (Å²) in [5.41, 5.74) is 3.33. The lowest BCUT2D eigenvalue weighted by molar-refractivity contribution is 0.693. The van der Waals surface area contributed by atoms with Gasteiger partial charge in [0.2, 0.25) is 0 Å². The van der Waals surface area contributed by atoms with Gasteiger partial charge in [-0.25, -0.2) is 0 Å². The molecule has 1 aliphatic rings. The summed E-state index contributed by atoms with van der Waals surface area (Å²) < 4.78 is 0. The summed E-state index contributed by atoms with van der Waals surface area (Å²) in [4.78, 5) is 4.65. The molecule has 0 aliphatic carbocycles. The van der Waals surface area contributed by atoms with Gasteiger partial charge in [0.15, 0.2) is 0 Å². The Balaban J connectivity index is 0.00000225. The van der Waals surface area contributed by atoms with E-state index in [1.54, 1.807) is 0 Å². The highest BCUT2D eigenvalue weighted by Crippen LogP contribution is 2.44. The smallest absolute Gasteiger partial charge is 0.123 e. The lowest BCUT2D eigenvalue weighted by Crippen LogP contribution is -2.41. The predicted molar refractivity (Wildman–Crippen MR) is 121 cm³/mol. The normalized spacial score (nSPS) is 13.9. The van der Waals surface area contributed by atoms with E-state index in [4.69, 9.17) is 23.2 Å². The van der Waals surface area contributed by atoms with Gasteiger partial charge in [-0.3, -0.25) is 0 Å². The van der Waals surface area contributed by atoms with Gasteiger partial charge in [0.05, 0.1) is 21.4 Å². The van der Waals surface area contributed by atoms with Gasteiger partial charge >= 0.3 is 0 Å². The van der Waals surface area contributed by atoms with Crippen LogP contribution in [0.4, 0.5) is 17.1 Å². The second kappa shape index (κ2) is 9.01. The molecule has 0 radical (unpaired) electrons. The summed E-state index contributed by atoms with van der Waals surface area (Å²) in [6.07, 6.45) is 4.31. The molecule has 0 atom stereocenters. The van der Waals surface area contributed by atoms with Crippen molar-refractivity contribution >= 4 is 64.2 Å². The summed E-state index contributed by atoms with van der Waals surface area (Å²) in [6, 6.07) is 14.1. The topological polar surface area (TPSA) is 18.5 Å². The number of halogens is 3. The van der Waals surface area contributed by atoms with Gasteiger partial charge in [-0.2, -0.15) is 0 Å². The second-order valence-corrected chi connectivity index (χ2v) is 6.42. The maximum Gasteiger partial charge on any atom is 0.123 e. The van der Waals surface area contributed by atoms with Crippen molar-refractivity contribution in [2.45, 2.75) is 20.0 Å². The van der Waals surface area contributed by atoms with Gasteiger partial charge in [-0.1, -0.05) is 41.4 Å². The molecule has 1 aliphatic heterocycles. The van der Waals surface area contributed by atoms with Gasteiger partial charge in [-0.05, 0) is 44.2 Å². The van der Waals surface area contributed by atoms with Crippen molar-refractivity contribution in [3.05, 3.63) is 64.8 Å². The van der Waals surface area contributed by atoms with Crippen LogP contribution in [0.15, 0.2) is 54.7 Å². The quantitative estimate of drug-likeness (QED) is 0.502.